The van der Waals surface area contributed by atoms with Crippen molar-refractivity contribution < 1.29 is 9.31 Å². The van der Waals surface area contributed by atoms with E-state index in [4.69, 9.17) is 0 Å². The van der Waals surface area contributed by atoms with Gasteiger partial charge in [-0.3, -0.25) is 15.1 Å². The Labute approximate surface area is 122 Å². The van der Waals surface area contributed by atoms with Crippen LogP contribution >= 0.6 is 0 Å². The summed E-state index contributed by atoms with van der Waals surface area (Å²) in [6, 6.07) is 7.79. The molecule has 1 heterocycles. The highest BCUT2D eigenvalue weighted by molar-refractivity contribution is 5.56. The average Bonchev–Trinajstić information content (AvgIpc) is 2.47. The standard InChI is InChI=1S/C15H16FN3O2/c1-3-11-4-6-13(8-15(11)19(20)21)18-10(2)14-7-5-12(16)9-17-14/h4-10,18H,3H2,1-2H3. The number of aromatic nitrogens is 1. The van der Waals surface area contributed by atoms with Gasteiger partial charge in [0.2, 0.25) is 0 Å². The minimum absolute atomic E-state index is 0.0989. The SMILES string of the molecule is CCc1ccc(NC(C)c2ccc(F)cn2)cc1[N+](=O)[O-]. The lowest BCUT2D eigenvalue weighted by Gasteiger charge is -2.15. The fourth-order valence-corrected chi connectivity index (χ4v) is 2.09. The van der Waals surface area contributed by atoms with Crippen molar-refractivity contribution in [3.05, 3.63) is 63.7 Å². The van der Waals surface area contributed by atoms with Crippen molar-refractivity contribution in [1.82, 2.24) is 4.98 Å². The lowest BCUT2D eigenvalue weighted by Crippen LogP contribution is -2.09. The van der Waals surface area contributed by atoms with Crippen LogP contribution in [0, 0.1) is 15.9 Å². The molecule has 0 bridgehead atoms. The molecule has 1 aromatic carbocycles. The molecule has 1 unspecified atom stereocenters. The molecule has 0 spiro atoms. The van der Waals surface area contributed by atoms with Gasteiger partial charge in [0.25, 0.3) is 5.69 Å². The van der Waals surface area contributed by atoms with Gasteiger partial charge >= 0.3 is 0 Å². The summed E-state index contributed by atoms with van der Waals surface area (Å²) in [5, 5.41) is 14.2. The number of rotatable bonds is 5. The van der Waals surface area contributed by atoms with Gasteiger partial charge in [-0.25, -0.2) is 4.39 Å². The van der Waals surface area contributed by atoms with Gasteiger partial charge in [-0.2, -0.15) is 0 Å². The Morgan fingerprint density at radius 1 is 1.38 bits per heavy atom. The molecule has 0 aliphatic carbocycles. The number of pyridine rings is 1. The first kappa shape index (κ1) is 14.9. The number of aryl methyl sites for hydroxylation is 1. The van der Waals surface area contributed by atoms with E-state index in [1.807, 2.05) is 13.8 Å². The number of anilines is 1. The van der Waals surface area contributed by atoms with Gasteiger partial charge < -0.3 is 5.32 Å². The topological polar surface area (TPSA) is 68.1 Å². The molecule has 6 heteroatoms. The Kier molecular flexibility index (Phi) is 4.47. The molecule has 0 fully saturated rings. The second kappa shape index (κ2) is 6.30. The van der Waals surface area contributed by atoms with Gasteiger partial charge in [-0.15, -0.1) is 0 Å². The monoisotopic (exact) mass is 289 g/mol. The number of nitro groups is 1. The van der Waals surface area contributed by atoms with Crippen LogP contribution in [0.1, 0.15) is 31.1 Å². The highest BCUT2D eigenvalue weighted by Crippen LogP contribution is 2.26. The largest absolute Gasteiger partial charge is 0.377 e. The van der Waals surface area contributed by atoms with Gasteiger partial charge in [-0.05, 0) is 31.5 Å². The molecule has 21 heavy (non-hydrogen) atoms. The van der Waals surface area contributed by atoms with Crippen molar-refractivity contribution in [2.75, 3.05) is 5.32 Å². The Bertz CT molecular complexity index is 644. The van der Waals surface area contributed by atoms with E-state index in [1.54, 1.807) is 18.2 Å². The summed E-state index contributed by atoms with van der Waals surface area (Å²) in [5.41, 5.74) is 2.09. The normalized spacial score (nSPS) is 12.0. The number of nitrogens with zero attached hydrogens (tertiary/aromatic N) is 2. The second-order valence-electron chi connectivity index (χ2n) is 4.72. The molecule has 1 N–H and O–H groups in total. The van der Waals surface area contributed by atoms with Gasteiger partial charge in [0.15, 0.2) is 0 Å². The smallest absolute Gasteiger partial charge is 0.274 e. The Balaban J connectivity index is 2.21. The summed E-state index contributed by atoms with van der Waals surface area (Å²) in [7, 11) is 0. The molecular weight excluding hydrogens is 273 g/mol. The number of hydrogen-bond acceptors (Lipinski definition) is 4. The van der Waals surface area contributed by atoms with E-state index in [-0.39, 0.29) is 16.7 Å². The molecular formula is C15H16FN3O2. The number of hydrogen-bond donors (Lipinski definition) is 1. The van der Waals surface area contributed by atoms with Gasteiger partial charge in [0.1, 0.15) is 5.82 Å². The quantitative estimate of drug-likeness (QED) is 0.670. The first-order valence-electron chi connectivity index (χ1n) is 6.66. The molecule has 0 aliphatic rings. The first-order valence-corrected chi connectivity index (χ1v) is 6.66. The molecule has 0 amide bonds. The zero-order valence-electron chi connectivity index (χ0n) is 11.8. The predicted molar refractivity (Wildman–Crippen MR) is 78.7 cm³/mol. The maximum Gasteiger partial charge on any atom is 0.274 e. The lowest BCUT2D eigenvalue weighted by molar-refractivity contribution is -0.385. The van der Waals surface area contributed by atoms with E-state index >= 15 is 0 Å². The fraction of sp³-hybridized carbons (Fsp3) is 0.267. The van der Waals surface area contributed by atoms with Crippen LogP contribution < -0.4 is 5.32 Å². The number of nitrogens with one attached hydrogen (secondary N) is 1. The predicted octanol–water partition coefficient (Wildman–Crippen LogP) is 3.86. The highest BCUT2D eigenvalue weighted by Gasteiger charge is 2.14. The summed E-state index contributed by atoms with van der Waals surface area (Å²) >= 11 is 0. The van der Waals surface area contributed by atoms with E-state index in [2.05, 4.69) is 10.3 Å². The fourth-order valence-electron chi connectivity index (χ4n) is 2.09. The van der Waals surface area contributed by atoms with Crippen LogP contribution in [0.4, 0.5) is 15.8 Å². The molecule has 1 aromatic heterocycles. The van der Waals surface area contributed by atoms with Crippen molar-refractivity contribution in [1.29, 1.82) is 0 Å². The van der Waals surface area contributed by atoms with Crippen molar-refractivity contribution in [2.45, 2.75) is 26.3 Å². The summed E-state index contributed by atoms with van der Waals surface area (Å²) in [4.78, 5) is 14.7. The van der Waals surface area contributed by atoms with Gasteiger partial charge in [0, 0.05) is 17.3 Å². The molecule has 0 radical (unpaired) electrons. The molecule has 0 saturated heterocycles. The summed E-state index contributed by atoms with van der Waals surface area (Å²) in [5.74, 6) is -0.395. The van der Waals surface area contributed by atoms with E-state index in [0.717, 1.165) is 6.20 Å². The van der Waals surface area contributed by atoms with E-state index in [9.17, 15) is 14.5 Å². The number of benzene rings is 1. The van der Waals surface area contributed by atoms with Crippen LogP contribution in [-0.2, 0) is 6.42 Å². The Hall–Kier alpha value is -2.50. The van der Waals surface area contributed by atoms with Crippen LogP contribution in [0.15, 0.2) is 36.5 Å². The molecule has 110 valence electrons. The molecule has 2 rings (SSSR count). The summed E-state index contributed by atoms with van der Waals surface area (Å²) in [6.07, 6.45) is 1.75. The first-order chi connectivity index (χ1) is 10.0. The zero-order chi connectivity index (χ0) is 15.4. The number of halogens is 1. The van der Waals surface area contributed by atoms with Crippen molar-refractivity contribution in [2.24, 2.45) is 0 Å². The highest BCUT2D eigenvalue weighted by atomic mass is 19.1. The number of nitro benzene ring substituents is 1. The molecule has 1 atom stereocenters. The van der Waals surface area contributed by atoms with Crippen LogP contribution in [0.5, 0.6) is 0 Å². The van der Waals surface area contributed by atoms with E-state index in [0.29, 0.717) is 23.4 Å². The maximum atomic E-state index is 12.8. The van der Waals surface area contributed by atoms with Crippen molar-refractivity contribution in [3.63, 3.8) is 0 Å². The summed E-state index contributed by atoms with van der Waals surface area (Å²) in [6.45, 7) is 3.74. The van der Waals surface area contributed by atoms with E-state index in [1.165, 1.54) is 12.1 Å². The lowest BCUT2D eigenvalue weighted by atomic mass is 10.1. The molecule has 2 aromatic rings. The van der Waals surface area contributed by atoms with Crippen LogP contribution in [-0.4, -0.2) is 9.91 Å². The van der Waals surface area contributed by atoms with Crippen LogP contribution in [0.2, 0.25) is 0 Å². The van der Waals surface area contributed by atoms with Gasteiger partial charge in [-0.1, -0.05) is 13.0 Å². The minimum Gasteiger partial charge on any atom is -0.377 e. The van der Waals surface area contributed by atoms with Crippen LogP contribution in [0.25, 0.3) is 0 Å². The second-order valence-corrected chi connectivity index (χ2v) is 4.72. The zero-order valence-corrected chi connectivity index (χ0v) is 11.8. The average molecular weight is 289 g/mol. The Morgan fingerprint density at radius 3 is 2.71 bits per heavy atom. The van der Waals surface area contributed by atoms with Crippen molar-refractivity contribution >= 4 is 11.4 Å². The molecule has 0 saturated carbocycles. The third-order valence-electron chi connectivity index (χ3n) is 3.24. The Morgan fingerprint density at radius 2 is 2.14 bits per heavy atom. The van der Waals surface area contributed by atoms with Crippen LogP contribution in [0.3, 0.4) is 0 Å². The third kappa shape index (κ3) is 3.53. The third-order valence-corrected chi connectivity index (χ3v) is 3.24. The van der Waals surface area contributed by atoms with E-state index < -0.39 is 5.82 Å². The maximum absolute atomic E-state index is 12.8. The molecule has 0 aliphatic heterocycles. The van der Waals surface area contributed by atoms with Crippen molar-refractivity contribution in [3.8, 4) is 0 Å². The summed E-state index contributed by atoms with van der Waals surface area (Å²) < 4.78 is 12.8. The molecule has 5 nitrogen and oxygen atoms in total. The minimum atomic E-state index is -0.395. The van der Waals surface area contributed by atoms with Gasteiger partial charge in [0.05, 0.1) is 22.9 Å².